The Kier molecular flexibility index (Phi) is 14.7. The zero-order valence-electron chi connectivity index (χ0n) is 30.2. The van der Waals surface area contributed by atoms with Gasteiger partial charge in [0.25, 0.3) is 0 Å². The molecule has 4 aliphatic rings. The van der Waals surface area contributed by atoms with Gasteiger partial charge >= 0.3 is 11.9 Å². The number of hydrogen-bond acceptors (Lipinski definition) is 12. The summed E-state index contributed by atoms with van der Waals surface area (Å²) in [4.78, 5) is 34.0. The maximum absolute atomic E-state index is 11.5. The van der Waals surface area contributed by atoms with Gasteiger partial charge in [-0.15, -0.1) is 0 Å². The van der Waals surface area contributed by atoms with Gasteiger partial charge in [-0.2, -0.15) is 0 Å². The largest absolute Gasteiger partial charge is 0.463 e. The predicted molar refractivity (Wildman–Crippen MR) is 171 cm³/mol. The van der Waals surface area contributed by atoms with Crippen molar-refractivity contribution in [3.8, 4) is 0 Å². The lowest BCUT2D eigenvalue weighted by Crippen LogP contribution is -2.41. The molecule has 0 spiro atoms. The van der Waals surface area contributed by atoms with Gasteiger partial charge in [0.2, 0.25) is 6.29 Å². The Morgan fingerprint density at radius 2 is 1.36 bits per heavy atom. The number of rotatable bonds is 13. The zero-order chi connectivity index (χ0) is 35.0. The molecule has 12 heteroatoms. The fourth-order valence-electron chi connectivity index (χ4n) is 7.03. The first-order valence-electron chi connectivity index (χ1n) is 17.7. The number of ether oxygens (including phenoxy) is 9. The van der Waals surface area contributed by atoms with Crippen LogP contribution in [0.15, 0.2) is 0 Å². The number of carbonyl (C=O) groups is 3. The van der Waals surface area contributed by atoms with Crippen LogP contribution in [0.25, 0.3) is 0 Å². The van der Waals surface area contributed by atoms with Crippen molar-refractivity contribution in [3.63, 3.8) is 0 Å². The Morgan fingerprint density at radius 3 is 1.87 bits per heavy atom. The lowest BCUT2D eigenvalue weighted by molar-refractivity contribution is -0.243. The van der Waals surface area contributed by atoms with E-state index in [0.717, 1.165) is 38.4 Å². The molecule has 0 N–H and O–H groups in total. The van der Waals surface area contributed by atoms with Gasteiger partial charge in [-0.3, -0.25) is 9.59 Å². The summed E-state index contributed by atoms with van der Waals surface area (Å²) in [5.74, 6) is -2.27. The molecular formula is C35H60O12. The monoisotopic (exact) mass is 672 g/mol. The molecule has 0 saturated carbocycles. The third kappa shape index (κ3) is 9.73. The first-order valence-corrected chi connectivity index (χ1v) is 17.7. The van der Waals surface area contributed by atoms with Crippen molar-refractivity contribution in [2.75, 3.05) is 13.2 Å². The normalized spacial score (nSPS) is 34.3. The molecule has 0 aromatic rings. The zero-order valence-corrected chi connectivity index (χ0v) is 30.2. The van der Waals surface area contributed by atoms with Crippen molar-refractivity contribution in [1.29, 1.82) is 0 Å². The average Bonchev–Trinajstić information content (AvgIpc) is 3.76. The Balaban J connectivity index is 0.000000256. The summed E-state index contributed by atoms with van der Waals surface area (Å²) in [6, 6.07) is 0. The van der Waals surface area contributed by atoms with Gasteiger partial charge in [-0.1, -0.05) is 55.4 Å². The highest BCUT2D eigenvalue weighted by atomic mass is 16.8. The molecule has 4 rings (SSSR count). The predicted octanol–water partition coefficient (Wildman–Crippen LogP) is 5.61. The molecule has 0 radical (unpaired) electrons. The Labute approximate surface area is 281 Å². The second kappa shape index (κ2) is 17.3. The topological polar surface area (TPSA) is 134 Å². The molecule has 0 aromatic heterocycles. The van der Waals surface area contributed by atoms with Crippen molar-refractivity contribution in [3.05, 3.63) is 0 Å². The minimum Gasteiger partial charge on any atom is -0.463 e. The number of aldehydes is 1. The van der Waals surface area contributed by atoms with Crippen molar-refractivity contribution >= 4 is 18.2 Å². The molecule has 0 aliphatic carbocycles. The molecule has 4 heterocycles. The maximum atomic E-state index is 11.5. The minimum absolute atomic E-state index is 0.0547. The molecular weight excluding hydrogens is 612 g/mol. The molecule has 4 aliphatic heterocycles. The third-order valence-corrected chi connectivity index (χ3v) is 10.1. The van der Waals surface area contributed by atoms with Crippen LogP contribution in [0.3, 0.4) is 0 Å². The van der Waals surface area contributed by atoms with Crippen LogP contribution >= 0.6 is 0 Å². The van der Waals surface area contributed by atoms with E-state index >= 15 is 0 Å². The summed E-state index contributed by atoms with van der Waals surface area (Å²) in [6.07, 6.45) is 4.27. The summed E-state index contributed by atoms with van der Waals surface area (Å²) < 4.78 is 52.8. The lowest BCUT2D eigenvalue weighted by atomic mass is 9.94. The van der Waals surface area contributed by atoms with E-state index in [4.69, 9.17) is 42.6 Å². The number of esters is 2. The summed E-state index contributed by atoms with van der Waals surface area (Å²) in [5, 5.41) is 0. The second-order valence-corrected chi connectivity index (χ2v) is 13.3. The fourth-order valence-corrected chi connectivity index (χ4v) is 7.03. The van der Waals surface area contributed by atoms with Crippen molar-refractivity contribution in [2.45, 2.75) is 181 Å². The average molecular weight is 673 g/mol. The fraction of sp³-hybridized carbons (Fsp3) is 0.914. The summed E-state index contributed by atoms with van der Waals surface area (Å²) in [7, 11) is 0. The van der Waals surface area contributed by atoms with Crippen LogP contribution < -0.4 is 0 Å². The Bertz CT molecular complexity index is 1010. The van der Waals surface area contributed by atoms with Crippen LogP contribution in [0, 0.1) is 11.8 Å². The molecule has 0 bridgehead atoms. The van der Waals surface area contributed by atoms with Crippen LogP contribution in [0.1, 0.15) is 121 Å². The van der Waals surface area contributed by atoms with Gasteiger partial charge in [0.05, 0.1) is 31.0 Å². The molecule has 5 unspecified atom stereocenters. The number of carbonyl (C=O) groups excluding carboxylic acids is 3. The van der Waals surface area contributed by atoms with Gasteiger partial charge in [0.15, 0.2) is 23.6 Å². The maximum Gasteiger partial charge on any atom is 0.305 e. The molecule has 4 saturated heterocycles. The van der Waals surface area contributed by atoms with E-state index in [9.17, 15) is 14.4 Å². The number of fused-ring (bicyclic) bond motifs is 1. The molecule has 0 amide bonds. The summed E-state index contributed by atoms with van der Waals surface area (Å²) in [6.45, 7) is 19.8. The highest BCUT2D eigenvalue weighted by Crippen LogP contribution is 2.43. The summed E-state index contributed by atoms with van der Waals surface area (Å²) >= 11 is 0. The Morgan fingerprint density at radius 1 is 0.787 bits per heavy atom. The van der Waals surface area contributed by atoms with Gasteiger partial charge < -0.3 is 47.4 Å². The van der Waals surface area contributed by atoms with E-state index in [2.05, 4.69) is 20.8 Å². The van der Waals surface area contributed by atoms with Crippen molar-refractivity contribution in [1.82, 2.24) is 0 Å². The smallest absolute Gasteiger partial charge is 0.305 e. The van der Waals surface area contributed by atoms with Gasteiger partial charge in [0.1, 0.15) is 18.8 Å². The van der Waals surface area contributed by atoms with Crippen LogP contribution in [0.4, 0.5) is 0 Å². The second-order valence-electron chi connectivity index (χ2n) is 13.3. The standard InChI is InChI=1S/C18H32O5.C17H28O7/c1-6-17(7-2)20-12-14(21-17)10-13(5)16-15(11-19)22-18(8-3,9-4)23-16;1-6-17(7-2)23-14-10(3)8-13(9-20-11(4)18)22-16(15(14)24-17)21-12(5)19/h11,13-16H,6-10,12H2,1-5H3;10,13-16H,6-9H2,1-5H3/t;10-,13-,14+,15+,16?/m.0/s1. The molecule has 272 valence electrons. The minimum atomic E-state index is -0.877. The molecule has 9 atom stereocenters. The highest BCUT2D eigenvalue weighted by molar-refractivity contribution is 5.66. The van der Waals surface area contributed by atoms with Crippen molar-refractivity contribution in [2.24, 2.45) is 11.8 Å². The quantitative estimate of drug-likeness (QED) is 0.178. The van der Waals surface area contributed by atoms with E-state index in [1.54, 1.807) is 0 Å². The van der Waals surface area contributed by atoms with E-state index in [-0.39, 0.29) is 48.8 Å². The molecule has 47 heavy (non-hydrogen) atoms. The number of hydrogen-bond donors (Lipinski definition) is 0. The molecule has 12 nitrogen and oxygen atoms in total. The van der Waals surface area contributed by atoms with Crippen LogP contribution in [0.5, 0.6) is 0 Å². The van der Waals surface area contributed by atoms with E-state index in [0.29, 0.717) is 25.9 Å². The van der Waals surface area contributed by atoms with Gasteiger partial charge in [0, 0.05) is 13.8 Å². The first-order chi connectivity index (χ1) is 22.3. The lowest BCUT2D eigenvalue weighted by Gasteiger charge is -2.29. The first kappa shape index (κ1) is 39.8. The summed E-state index contributed by atoms with van der Waals surface area (Å²) in [5.41, 5.74) is 0. The van der Waals surface area contributed by atoms with E-state index in [1.165, 1.54) is 13.8 Å². The van der Waals surface area contributed by atoms with Crippen LogP contribution in [-0.4, -0.2) is 91.7 Å². The highest BCUT2D eigenvalue weighted by Gasteiger charge is 2.54. The SMILES string of the molecule is CCC1(CC)OCC(CC(C)C2OC(CC)(CC)OC2C=O)O1.CCC1(CC)O[C@@H]2[C@@H](C)C[C@@H](COC(C)=O)OC(OC(C)=O)[C@@H]2O1. The Hall–Kier alpha value is -1.67. The third-order valence-electron chi connectivity index (χ3n) is 10.1. The van der Waals surface area contributed by atoms with Crippen LogP contribution in [0.2, 0.25) is 0 Å². The van der Waals surface area contributed by atoms with Crippen LogP contribution in [-0.2, 0) is 57.0 Å². The van der Waals surface area contributed by atoms with Gasteiger partial charge in [-0.25, -0.2) is 0 Å². The van der Waals surface area contributed by atoms with E-state index < -0.39 is 41.8 Å². The van der Waals surface area contributed by atoms with E-state index in [1.807, 2.05) is 34.6 Å². The molecule has 4 fully saturated rings. The van der Waals surface area contributed by atoms with Crippen molar-refractivity contribution < 1.29 is 57.0 Å². The molecule has 0 aromatic carbocycles. The van der Waals surface area contributed by atoms with Gasteiger partial charge in [-0.05, 0) is 63.2 Å².